The molecule has 0 spiro atoms. The van der Waals surface area contributed by atoms with Gasteiger partial charge in [0.25, 0.3) is 0 Å². The topological polar surface area (TPSA) is 85.4 Å². The van der Waals surface area contributed by atoms with Gasteiger partial charge in [-0.15, -0.1) is 0 Å². The summed E-state index contributed by atoms with van der Waals surface area (Å²) in [4.78, 5) is 25.3. The van der Waals surface area contributed by atoms with Crippen molar-refractivity contribution in [3.05, 3.63) is 166 Å². The molecule has 4 aromatic carbocycles. The molecule has 9 rings (SSSR count). The summed E-state index contributed by atoms with van der Waals surface area (Å²) in [5.74, 6) is 2.13. The molecule has 2 aliphatic carbocycles. The number of ether oxygens (including phenoxy) is 3. The molecule has 1 saturated heterocycles. The molecule has 0 bridgehead atoms. The summed E-state index contributed by atoms with van der Waals surface area (Å²) in [5, 5.41) is 11.1. The van der Waals surface area contributed by atoms with Crippen molar-refractivity contribution < 1.29 is 28.9 Å². The van der Waals surface area contributed by atoms with Crippen molar-refractivity contribution in [1.29, 1.82) is 0 Å². The Morgan fingerprint density at radius 3 is 1.95 bits per heavy atom. The number of epoxide rings is 1. The molecule has 1 saturated carbocycles. The van der Waals surface area contributed by atoms with Crippen molar-refractivity contribution in [1.82, 2.24) is 0 Å². The van der Waals surface area contributed by atoms with E-state index in [2.05, 4.69) is 81.4 Å². The van der Waals surface area contributed by atoms with Crippen LogP contribution in [0.15, 0.2) is 138 Å². The van der Waals surface area contributed by atoms with Gasteiger partial charge in [-0.25, -0.2) is 0 Å². The number of aryl methyl sites for hydroxylation is 2. The zero-order chi connectivity index (χ0) is 43.6. The number of ketones is 2. The molecule has 1 N–H and O–H groups in total. The van der Waals surface area contributed by atoms with Crippen molar-refractivity contribution in [2.24, 2.45) is 11.3 Å². The van der Waals surface area contributed by atoms with Crippen LogP contribution in [0.4, 0.5) is 0 Å². The van der Waals surface area contributed by atoms with E-state index < -0.39 is 31.0 Å². The molecule has 11 heteroatoms. The van der Waals surface area contributed by atoms with E-state index in [0.29, 0.717) is 34.1 Å². The second kappa shape index (κ2) is 18.9. The molecule has 2 unspecified atom stereocenters. The molecular weight excluding hydrogens is 957 g/mol. The Hall–Kier alpha value is -3.08. The van der Waals surface area contributed by atoms with E-state index in [4.69, 9.17) is 49.9 Å². The van der Waals surface area contributed by atoms with Crippen molar-refractivity contribution in [2.75, 3.05) is 0 Å². The van der Waals surface area contributed by atoms with Gasteiger partial charge in [0.05, 0.1) is 23.3 Å². The van der Waals surface area contributed by atoms with Gasteiger partial charge in [-0.3, -0.25) is 9.59 Å². The molecule has 320 valence electrons. The first-order valence-electron chi connectivity index (χ1n) is 21.0. The summed E-state index contributed by atoms with van der Waals surface area (Å²) in [6.45, 7) is 8.66. The van der Waals surface area contributed by atoms with Crippen LogP contribution < -0.4 is 9.47 Å². The quantitative estimate of drug-likeness (QED) is 0.0819. The van der Waals surface area contributed by atoms with Gasteiger partial charge < -0.3 is 19.3 Å². The zero-order valence-electron chi connectivity index (χ0n) is 34.9. The van der Waals surface area contributed by atoms with Crippen LogP contribution in [-0.2, 0) is 23.0 Å². The van der Waals surface area contributed by atoms with Crippen LogP contribution >= 0.6 is 35.7 Å². The number of aliphatic hydroxyl groups is 1. The second-order valence-corrected chi connectivity index (χ2v) is 42.7. The van der Waals surface area contributed by atoms with E-state index in [0.717, 1.165) is 51.4 Å². The van der Waals surface area contributed by atoms with E-state index in [9.17, 15) is 14.7 Å². The SMILES string of the molecule is C/C(=C\CCc1ccccc1)CCC1OC1(C)/C=C1\Oc2ccccc2C1=O.C[C@]1(/C=C2\Oc3ccccc3C2=O)[C@@H](O)CC[C@]2(C)c3ccccc3CC[C@@H]12.[Cl][Sn]([Cl])([Cl])[Cl]. The third-order valence-electron chi connectivity index (χ3n) is 13.1. The van der Waals surface area contributed by atoms with Crippen molar-refractivity contribution >= 4 is 61.1 Å². The number of rotatable bonds is 8. The number of benzene rings is 4. The number of para-hydroxylation sites is 2. The first-order chi connectivity index (χ1) is 29.0. The van der Waals surface area contributed by atoms with Gasteiger partial charge in [0.2, 0.25) is 11.6 Å². The molecular formula is C50H52Cl4O6Sn. The number of hydrogen-bond acceptors (Lipinski definition) is 6. The summed E-state index contributed by atoms with van der Waals surface area (Å²) < 4.78 is 17.5. The van der Waals surface area contributed by atoms with E-state index >= 15 is 0 Å². The third-order valence-corrected chi connectivity index (χ3v) is 13.1. The molecule has 3 aliphatic heterocycles. The summed E-state index contributed by atoms with van der Waals surface area (Å²) in [7, 11) is 20.1. The molecule has 5 aliphatic rings. The van der Waals surface area contributed by atoms with E-state index in [1.165, 1.54) is 22.3 Å². The number of aliphatic hydroxyl groups excluding tert-OH is 1. The predicted octanol–water partition coefficient (Wildman–Crippen LogP) is 12.9. The summed E-state index contributed by atoms with van der Waals surface area (Å²) in [5.41, 5.74) is 5.92. The number of carbonyl (C=O) groups is 2. The van der Waals surface area contributed by atoms with E-state index in [1.54, 1.807) is 12.1 Å². The Labute approximate surface area is 378 Å². The first-order valence-corrected chi connectivity index (χ1v) is 35.4. The van der Waals surface area contributed by atoms with Gasteiger partial charge in [0.15, 0.2) is 11.5 Å². The monoisotopic (exact) mass is 1010 g/mol. The number of halogens is 4. The van der Waals surface area contributed by atoms with Crippen molar-refractivity contribution in [3.8, 4) is 11.5 Å². The van der Waals surface area contributed by atoms with Crippen LogP contribution in [0.25, 0.3) is 0 Å². The molecule has 2 fully saturated rings. The van der Waals surface area contributed by atoms with E-state index in [1.807, 2.05) is 55.5 Å². The van der Waals surface area contributed by atoms with Crippen LogP contribution in [0.3, 0.4) is 0 Å². The Kier molecular flexibility index (Phi) is 14.3. The Morgan fingerprint density at radius 1 is 0.770 bits per heavy atom. The molecule has 0 radical (unpaired) electrons. The van der Waals surface area contributed by atoms with Crippen molar-refractivity contribution in [3.63, 3.8) is 0 Å². The normalized spacial score (nSPS) is 28.5. The average molecular weight is 1010 g/mol. The average Bonchev–Trinajstić information content (AvgIpc) is 3.62. The number of hydrogen-bond donors (Lipinski definition) is 1. The molecule has 6 atom stereocenters. The zero-order valence-corrected chi connectivity index (χ0v) is 40.8. The summed E-state index contributed by atoms with van der Waals surface area (Å²) >= 11 is -3.29. The fourth-order valence-corrected chi connectivity index (χ4v) is 9.73. The maximum atomic E-state index is 12.9. The van der Waals surface area contributed by atoms with Crippen LogP contribution in [0.2, 0.25) is 0 Å². The Morgan fingerprint density at radius 2 is 1.33 bits per heavy atom. The van der Waals surface area contributed by atoms with Crippen molar-refractivity contribution in [2.45, 2.75) is 102 Å². The molecule has 6 nitrogen and oxygen atoms in total. The van der Waals surface area contributed by atoms with Gasteiger partial charge in [-0.1, -0.05) is 104 Å². The number of fused-ring (bicyclic) bond motifs is 5. The predicted molar refractivity (Wildman–Crippen MR) is 248 cm³/mol. The number of Topliss-reactive ketones (excluding diaryl/α,β-unsaturated/α-hetero) is 2. The standard InChI is InChI=1S/2C25H26O3.4ClH.Sn/c1-24-14-13-22(26)25(2,21(24)12-11-16-7-3-5-9-18(16)24)15-20-23(27)17-8-4-6-10-19(17)28-20;1-18(9-8-12-19-10-4-3-5-11-19)15-16-23-25(2,28-23)17-22-24(26)20-13-6-7-14-21(20)27-22;;;;;/h3-10,15,21-22,26H,11-14H2,1-2H3;3-7,9-11,13-14,17,23H,8,12,15-16H2,1-2H3;4*1H;/q;;;;;;+4/p-4/b20-15-;18-9+,22-17-;;;;;/t21-,22+,24-,25-;;;;;;/m1....../s1. The Balaban J connectivity index is 0.000000166. The summed E-state index contributed by atoms with van der Waals surface area (Å²) in [6, 6.07) is 34.0. The molecule has 4 aromatic rings. The fraction of sp³-hybridized carbons (Fsp3) is 0.360. The van der Waals surface area contributed by atoms with Crippen LogP contribution in [0.1, 0.15) is 104 Å². The number of carbonyl (C=O) groups excluding carboxylic acids is 2. The van der Waals surface area contributed by atoms with Crippen LogP contribution in [0, 0.1) is 11.3 Å². The van der Waals surface area contributed by atoms with Gasteiger partial charge in [0, 0.05) is 5.41 Å². The molecule has 61 heavy (non-hydrogen) atoms. The van der Waals surface area contributed by atoms with Gasteiger partial charge in [-0.2, -0.15) is 0 Å². The maximum absolute atomic E-state index is 12.9. The fourth-order valence-electron chi connectivity index (χ4n) is 9.73. The van der Waals surface area contributed by atoms with Crippen LogP contribution in [0.5, 0.6) is 11.5 Å². The second-order valence-electron chi connectivity index (χ2n) is 17.3. The van der Waals surface area contributed by atoms with Gasteiger partial charge in [0.1, 0.15) is 17.1 Å². The van der Waals surface area contributed by atoms with Crippen LogP contribution in [-0.4, -0.2) is 48.4 Å². The number of allylic oxidation sites excluding steroid dienone is 4. The third kappa shape index (κ3) is 10.7. The minimum absolute atomic E-state index is 0.00557. The molecule has 3 heterocycles. The summed E-state index contributed by atoms with van der Waals surface area (Å²) in [6.07, 6.45) is 13.6. The van der Waals surface area contributed by atoms with Gasteiger partial charge >= 0.3 is 49.6 Å². The Bertz CT molecular complexity index is 2350. The molecule has 0 aromatic heterocycles. The minimum atomic E-state index is -3.29. The first kappa shape index (κ1) is 45.9. The van der Waals surface area contributed by atoms with Gasteiger partial charge in [-0.05, 0) is 130 Å². The van der Waals surface area contributed by atoms with E-state index in [-0.39, 0.29) is 29.0 Å². The molecule has 0 amide bonds.